The summed E-state index contributed by atoms with van der Waals surface area (Å²) in [5, 5.41) is 1.04. The number of rotatable bonds is 5. The van der Waals surface area contributed by atoms with Gasteiger partial charge in [0.2, 0.25) is 0 Å². The molecule has 0 bridgehead atoms. The lowest BCUT2D eigenvalue weighted by molar-refractivity contribution is -0.193. The van der Waals surface area contributed by atoms with Crippen molar-refractivity contribution in [3.05, 3.63) is 48.2 Å². The Morgan fingerprint density at radius 1 is 1.00 bits per heavy atom. The van der Waals surface area contributed by atoms with Crippen molar-refractivity contribution in [1.82, 2.24) is 4.98 Å². The topological polar surface area (TPSA) is 109 Å². The summed E-state index contributed by atoms with van der Waals surface area (Å²) in [5.74, 6) is -4.28. The van der Waals surface area contributed by atoms with Crippen LogP contribution in [0.25, 0.3) is 17.0 Å². The molecule has 1 aromatic heterocycles. The molecule has 0 radical (unpaired) electrons. The number of Topliss-reactive ketones (excluding diaryl/α,β-unsaturated/α-hetero) is 2. The van der Waals surface area contributed by atoms with Gasteiger partial charge in [-0.05, 0) is 57.2 Å². The van der Waals surface area contributed by atoms with Gasteiger partial charge >= 0.3 is 11.9 Å². The van der Waals surface area contributed by atoms with E-state index in [1.54, 1.807) is 13.8 Å². The standard InChI is InChI=1S/C37H49NO7/c1-10-30-37(9)35(7,20-31(39)45-37)26(6)32(40)22(2)19-36(8,25(5)23(3)33(41)24(4)34(42)44-30)43-17-13-14-27-18-28-15-11-12-16-29(28)38-21-27/h11-16,18,21-26,30H,10,17,19-20H2,1-9H3/b14-13+/t22-,23-,24-,25-,26+,30-,35+,36-,37-/m1/s1. The average Bonchev–Trinajstić information content (AvgIpc) is 3.27. The lowest BCUT2D eigenvalue weighted by Crippen LogP contribution is -2.57. The largest absolute Gasteiger partial charge is 0.458 e. The normalized spacial score (nSPS) is 36.9. The summed E-state index contributed by atoms with van der Waals surface area (Å²) in [6, 6.07) is 9.97. The molecular weight excluding hydrogens is 570 g/mol. The SMILES string of the molecule is CC[C@H]1OC(=O)[C@H](C)C(=O)[C@H](C)[C@@H](C)[C@](C)(OC/C=C/c2cnc3ccccc3c2)C[C@@H](C)C(=O)[C@H](C)[C@]2(C)CC(=O)O[C@]12C. The molecule has 8 nitrogen and oxygen atoms in total. The molecule has 0 amide bonds. The van der Waals surface area contributed by atoms with Crippen LogP contribution < -0.4 is 0 Å². The van der Waals surface area contributed by atoms with E-state index < -0.39 is 58.3 Å². The zero-order valence-corrected chi connectivity index (χ0v) is 28.2. The van der Waals surface area contributed by atoms with Crippen LogP contribution in [0.15, 0.2) is 42.6 Å². The van der Waals surface area contributed by atoms with E-state index in [4.69, 9.17) is 14.2 Å². The number of cyclic esters (lactones) is 1. The van der Waals surface area contributed by atoms with Crippen molar-refractivity contribution in [3.63, 3.8) is 0 Å². The number of fused-ring (bicyclic) bond motifs is 2. The molecule has 0 unspecified atom stereocenters. The maximum absolute atomic E-state index is 14.2. The molecule has 0 aliphatic carbocycles. The zero-order chi connectivity index (χ0) is 33.3. The minimum absolute atomic E-state index is 0.0209. The number of carbonyl (C=O) groups is 4. The highest BCUT2D eigenvalue weighted by Gasteiger charge is 2.63. The van der Waals surface area contributed by atoms with E-state index >= 15 is 0 Å². The number of para-hydroxylation sites is 1. The molecule has 9 atom stereocenters. The zero-order valence-electron chi connectivity index (χ0n) is 28.2. The Morgan fingerprint density at radius 2 is 1.69 bits per heavy atom. The second-order valence-corrected chi connectivity index (χ2v) is 13.9. The highest BCUT2D eigenvalue weighted by Crippen LogP contribution is 2.54. The number of carbonyl (C=O) groups excluding carboxylic acids is 4. The predicted octanol–water partition coefficient (Wildman–Crippen LogP) is 6.78. The van der Waals surface area contributed by atoms with Gasteiger partial charge in [-0.15, -0.1) is 0 Å². The van der Waals surface area contributed by atoms with Crippen molar-refractivity contribution >= 4 is 40.5 Å². The summed E-state index contributed by atoms with van der Waals surface area (Å²) in [6.07, 6.45) is 5.61. The molecule has 8 heteroatoms. The molecule has 2 saturated heterocycles. The summed E-state index contributed by atoms with van der Waals surface area (Å²) < 4.78 is 18.4. The van der Waals surface area contributed by atoms with Crippen molar-refractivity contribution in [2.75, 3.05) is 6.61 Å². The van der Waals surface area contributed by atoms with E-state index in [2.05, 4.69) is 11.1 Å². The van der Waals surface area contributed by atoms with Crippen LogP contribution in [0.4, 0.5) is 0 Å². The fraction of sp³-hybridized carbons (Fsp3) is 0.595. The number of pyridine rings is 1. The number of esters is 2. The summed E-state index contributed by atoms with van der Waals surface area (Å²) in [5.41, 5.74) is -1.20. The monoisotopic (exact) mass is 619 g/mol. The molecule has 0 saturated carbocycles. The maximum atomic E-state index is 14.2. The molecule has 0 N–H and O–H groups in total. The van der Waals surface area contributed by atoms with Gasteiger partial charge in [-0.25, -0.2) is 0 Å². The van der Waals surface area contributed by atoms with Crippen LogP contribution in [0.5, 0.6) is 0 Å². The molecule has 3 heterocycles. The van der Waals surface area contributed by atoms with Gasteiger partial charge in [0.1, 0.15) is 23.6 Å². The molecule has 2 aliphatic heterocycles. The van der Waals surface area contributed by atoms with Crippen molar-refractivity contribution in [2.45, 2.75) is 98.9 Å². The number of ketones is 2. The van der Waals surface area contributed by atoms with Crippen molar-refractivity contribution in [2.24, 2.45) is 35.0 Å². The van der Waals surface area contributed by atoms with Crippen molar-refractivity contribution in [3.8, 4) is 0 Å². The molecule has 2 aromatic rings. The van der Waals surface area contributed by atoms with Gasteiger partial charge in [-0.2, -0.15) is 0 Å². The smallest absolute Gasteiger partial charge is 0.316 e. The van der Waals surface area contributed by atoms with E-state index in [1.165, 1.54) is 0 Å². The summed E-state index contributed by atoms with van der Waals surface area (Å²) in [4.78, 5) is 58.6. The Hall–Kier alpha value is -3.39. The number of aromatic nitrogens is 1. The quantitative estimate of drug-likeness (QED) is 0.266. The number of benzene rings is 1. The molecule has 2 fully saturated rings. The Labute approximate surface area is 267 Å². The lowest BCUT2D eigenvalue weighted by Gasteiger charge is -2.47. The molecular formula is C37H49NO7. The predicted molar refractivity (Wildman–Crippen MR) is 173 cm³/mol. The Kier molecular flexibility index (Phi) is 10.1. The van der Waals surface area contributed by atoms with Crippen LogP contribution in [-0.2, 0) is 33.4 Å². The summed E-state index contributed by atoms with van der Waals surface area (Å²) in [7, 11) is 0. The molecule has 0 spiro atoms. The minimum Gasteiger partial charge on any atom is -0.458 e. The number of hydrogen-bond donors (Lipinski definition) is 0. The molecule has 4 rings (SSSR count). The van der Waals surface area contributed by atoms with Crippen LogP contribution in [0, 0.1) is 35.0 Å². The van der Waals surface area contributed by atoms with Gasteiger partial charge in [-0.3, -0.25) is 24.2 Å². The second-order valence-electron chi connectivity index (χ2n) is 13.9. The molecule has 244 valence electrons. The highest BCUT2D eigenvalue weighted by atomic mass is 16.6. The molecule has 45 heavy (non-hydrogen) atoms. The third-order valence-corrected chi connectivity index (χ3v) is 11.2. The van der Waals surface area contributed by atoms with Gasteiger partial charge < -0.3 is 14.2 Å². The van der Waals surface area contributed by atoms with Crippen LogP contribution in [0.1, 0.15) is 87.1 Å². The first-order chi connectivity index (χ1) is 21.1. The van der Waals surface area contributed by atoms with Gasteiger partial charge in [0.05, 0.1) is 24.1 Å². The summed E-state index contributed by atoms with van der Waals surface area (Å²) >= 11 is 0. The van der Waals surface area contributed by atoms with E-state index in [-0.39, 0.29) is 30.5 Å². The first-order valence-corrected chi connectivity index (χ1v) is 16.2. The fourth-order valence-electron chi connectivity index (χ4n) is 7.42. The number of nitrogens with zero attached hydrogens (tertiary/aromatic N) is 1. The number of ether oxygens (including phenoxy) is 3. The Bertz CT molecular complexity index is 1480. The minimum atomic E-state index is -1.24. The van der Waals surface area contributed by atoms with Gasteiger partial charge in [0, 0.05) is 34.8 Å². The third kappa shape index (κ3) is 6.49. The first kappa shape index (κ1) is 34.5. The van der Waals surface area contributed by atoms with Crippen molar-refractivity contribution in [1.29, 1.82) is 0 Å². The van der Waals surface area contributed by atoms with E-state index in [1.807, 2.05) is 91.1 Å². The maximum Gasteiger partial charge on any atom is 0.316 e. The van der Waals surface area contributed by atoms with Gasteiger partial charge in [0.15, 0.2) is 5.60 Å². The lowest BCUT2D eigenvalue weighted by atomic mass is 9.60. The molecule has 1 aromatic carbocycles. The summed E-state index contributed by atoms with van der Waals surface area (Å²) in [6.45, 7) is 16.7. The van der Waals surface area contributed by atoms with Crippen molar-refractivity contribution < 1.29 is 33.4 Å². The average molecular weight is 620 g/mol. The second kappa shape index (κ2) is 13.1. The number of hydrogen-bond acceptors (Lipinski definition) is 8. The van der Waals surface area contributed by atoms with E-state index in [9.17, 15) is 19.2 Å². The highest BCUT2D eigenvalue weighted by molar-refractivity contribution is 6.00. The van der Waals surface area contributed by atoms with Crippen LogP contribution >= 0.6 is 0 Å². The van der Waals surface area contributed by atoms with Gasteiger partial charge in [0.25, 0.3) is 0 Å². The fourth-order valence-corrected chi connectivity index (χ4v) is 7.42. The van der Waals surface area contributed by atoms with Crippen LogP contribution in [0.2, 0.25) is 0 Å². The molecule has 2 aliphatic rings. The first-order valence-electron chi connectivity index (χ1n) is 16.2. The third-order valence-electron chi connectivity index (χ3n) is 11.2. The Morgan fingerprint density at radius 3 is 2.38 bits per heavy atom. The van der Waals surface area contributed by atoms with Crippen LogP contribution in [0.3, 0.4) is 0 Å². The van der Waals surface area contributed by atoms with Gasteiger partial charge in [-0.1, -0.05) is 71.9 Å². The van der Waals surface area contributed by atoms with E-state index in [0.717, 1.165) is 16.5 Å². The Balaban J connectivity index is 1.66. The van der Waals surface area contributed by atoms with E-state index in [0.29, 0.717) is 12.8 Å². The van der Waals surface area contributed by atoms with Crippen LogP contribution in [-0.4, -0.2) is 52.4 Å².